The van der Waals surface area contributed by atoms with Crippen LogP contribution in [-0.2, 0) is 16.6 Å². The molecule has 1 unspecified atom stereocenters. The number of hydrogen-bond donors (Lipinski definition) is 5. The molecular weight excluding hydrogens is 514 g/mol. The summed E-state index contributed by atoms with van der Waals surface area (Å²) < 4.78 is 87.3. The Labute approximate surface area is 211 Å². The molecule has 1 heterocycles. The highest BCUT2D eigenvalue weighted by molar-refractivity contribution is 7.90. The van der Waals surface area contributed by atoms with Crippen LogP contribution in [0.15, 0.2) is 36.5 Å². The van der Waals surface area contributed by atoms with Crippen molar-refractivity contribution in [2.75, 3.05) is 23.6 Å². The number of nitrogens with two attached hydrogens (primary N) is 1. The second-order valence-corrected chi connectivity index (χ2v) is 10.3. The predicted molar refractivity (Wildman–Crippen MR) is 131 cm³/mol. The number of benzene rings is 2. The van der Waals surface area contributed by atoms with Crippen molar-refractivity contribution in [2.45, 2.75) is 31.3 Å². The van der Waals surface area contributed by atoms with Crippen LogP contribution in [0, 0.1) is 23.3 Å². The minimum atomic E-state index is -4.09. The molecule has 1 fully saturated rings. The standard InChI is InChI=1S/C24H25F4N5O3S/c1-30-37(35,36)33-24-21(27)14(6-7-31-24)8-15-9-16(19(34)11-29)23(22(28)20(15)26)32-18-5-4-13(10-17(18)25)12-2-3-12/h4-7,9-10,12,19,30,32,34H,2-3,8,11,29H2,1H3,(H,31,33). The molecule has 37 heavy (non-hydrogen) atoms. The van der Waals surface area contributed by atoms with Gasteiger partial charge in [-0.1, -0.05) is 6.07 Å². The number of rotatable bonds is 10. The SMILES string of the molecule is CNS(=O)(=O)Nc1nccc(Cc2cc(C(O)CN)c(Nc3ccc(C4CC4)cc3F)c(F)c2F)c1F. The minimum Gasteiger partial charge on any atom is -0.387 e. The smallest absolute Gasteiger partial charge is 0.300 e. The Bertz CT molecular complexity index is 1430. The van der Waals surface area contributed by atoms with Crippen molar-refractivity contribution < 1.29 is 31.1 Å². The van der Waals surface area contributed by atoms with Crippen LogP contribution in [-0.4, -0.2) is 32.1 Å². The summed E-state index contributed by atoms with van der Waals surface area (Å²) >= 11 is 0. The highest BCUT2D eigenvalue weighted by Gasteiger charge is 2.26. The van der Waals surface area contributed by atoms with Crippen molar-refractivity contribution in [2.24, 2.45) is 5.73 Å². The number of nitrogens with one attached hydrogen (secondary N) is 3. The average molecular weight is 540 g/mol. The molecule has 0 saturated heterocycles. The Morgan fingerprint density at radius 3 is 2.43 bits per heavy atom. The van der Waals surface area contributed by atoms with Gasteiger partial charge in [0.25, 0.3) is 10.2 Å². The maximum absolute atomic E-state index is 15.3. The van der Waals surface area contributed by atoms with Gasteiger partial charge in [0.1, 0.15) is 5.82 Å². The Morgan fingerprint density at radius 1 is 1.08 bits per heavy atom. The third-order valence-electron chi connectivity index (χ3n) is 6.05. The number of halogens is 4. The van der Waals surface area contributed by atoms with E-state index in [0.717, 1.165) is 37.7 Å². The lowest BCUT2D eigenvalue weighted by Crippen LogP contribution is -2.27. The van der Waals surface area contributed by atoms with Gasteiger partial charge >= 0.3 is 0 Å². The van der Waals surface area contributed by atoms with Crippen molar-refractivity contribution in [1.82, 2.24) is 9.71 Å². The number of pyridine rings is 1. The zero-order valence-corrected chi connectivity index (χ0v) is 20.5. The van der Waals surface area contributed by atoms with Crippen molar-refractivity contribution in [3.8, 4) is 0 Å². The molecule has 6 N–H and O–H groups in total. The second-order valence-electron chi connectivity index (χ2n) is 8.64. The molecule has 0 radical (unpaired) electrons. The first-order valence-electron chi connectivity index (χ1n) is 11.3. The maximum Gasteiger partial charge on any atom is 0.300 e. The van der Waals surface area contributed by atoms with Gasteiger partial charge in [0.05, 0.1) is 17.5 Å². The van der Waals surface area contributed by atoms with Gasteiger partial charge < -0.3 is 16.2 Å². The molecular formula is C24H25F4N5O3S. The van der Waals surface area contributed by atoms with E-state index in [2.05, 4.69) is 10.3 Å². The molecule has 2 aromatic carbocycles. The molecule has 1 atom stereocenters. The lowest BCUT2D eigenvalue weighted by atomic mass is 9.97. The second kappa shape index (κ2) is 10.6. The van der Waals surface area contributed by atoms with Gasteiger partial charge in [-0.05, 0) is 59.7 Å². The molecule has 1 aliphatic carbocycles. The molecule has 3 aromatic rings. The van der Waals surface area contributed by atoms with E-state index in [4.69, 9.17) is 5.73 Å². The van der Waals surface area contributed by atoms with Gasteiger partial charge in [-0.25, -0.2) is 27.3 Å². The first kappa shape index (κ1) is 26.8. The van der Waals surface area contributed by atoms with Crippen LogP contribution >= 0.6 is 0 Å². The van der Waals surface area contributed by atoms with E-state index in [1.165, 1.54) is 18.2 Å². The zero-order chi connectivity index (χ0) is 26.9. The molecule has 198 valence electrons. The van der Waals surface area contributed by atoms with Crippen molar-refractivity contribution in [3.63, 3.8) is 0 Å². The largest absolute Gasteiger partial charge is 0.387 e. The zero-order valence-electron chi connectivity index (χ0n) is 19.7. The molecule has 0 aliphatic heterocycles. The summed E-state index contributed by atoms with van der Waals surface area (Å²) in [6, 6.07) is 6.70. The first-order chi connectivity index (χ1) is 17.5. The minimum absolute atomic E-state index is 0.123. The summed E-state index contributed by atoms with van der Waals surface area (Å²) in [4.78, 5) is 3.63. The topological polar surface area (TPSA) is 129 Å². The van der Waals surface area contributed by atoms with E-state index in [0.29, 0.717) is 0 Å². The molecule has 4 rings (SSSR count). The summed E-state index contributed by atoms with van der Waals surface area (Å²) in [5, 5.41) is 12.9. The van der Waals surface area contributed by atoms with E-state index in [-0.39, 0.29) is 34.8 Å². The van der Waals surface area contributed by atoms with Gasteiger partial charge in [-0.3, -0.25) is 4.72 Å². The van der Waals surface area contributed by atoms with Crippen LogP contribution < -0.4 is 20.5 Å². The van der Waals surface area contributed by atoms with Crippen LogP contribution in [0.4, 0.5) is 34.8 Å². The highest BCUT2D eigenvalue weighted by atomic mass is 32.2. The number of hydrogen-bond acceptors (Lipinski definition) is 6. The molecule has 1 aliphatic rings. The lowest BCUT2D eigenvalue weighted by molar-refractivity contribution is 0.187. The van der Waals surface area contributed by atoms with E-state index in [1.54, 1.807) is 6.07 Å². The molecule has 1 saturated carbocycles. The number of anilines is 3. The van der Waals surface area contributed by atoms with Gasteiger partial charge in [0.15, 0.2) is 23.3 Å². The summed E-state index contributed by atoms with van der Waals surface area (Å²) in [5.41, 5.74) is 5.04. The summed E-state index contributed by atoms with van der Waals surface area (Å²) in [5.74, 6) is -4.90. The number of aromatic nitrogens is 1. The van der Waals surface area contributed by atoms with Crippen LogP contribution in [0.1, 0.15) is 47.1 Å². The third-order valence-corrected chi connectivity index (χ3v) is 7.05. The molecule has 13 heteroatoms. The number of nitrogens with zero attached hydrogens (tertiary/aromatic N) is 1. The van der Waals surface area contributed by atoms with Gasteiger partial charge in [-0.2, -0.15) is 8.42 Å². The fourth-order valence-electron chi connectivity index (χ4n) is 3.86. The summed E-state index contributed by atoms with van der Waals surface area (Å²) in [6.45, 7) is -0.359. The van der Waals surface area contributed by atoms with E-state index < -0.39 is 57.5 Å². The molecule has 1 aromatic heterocycles. The highest BCUT2D eigenvalue weighted by Crippen LogP contribution is 2.41. The summed E-state index contributed by atoms with van der Waals surface area (Å²) in [7, 11) is -2.98. The maximum atomic E-state index is 15.3. The Kier molecular flexibility index (Phi) is 7.69. The predicted octanol–water partition coefficient (Wildman–Crippen LogP) is 3.72. The average Bonchev–Trinajstić information content (AvgIpc) is 3.72. The Hall–Kier alpha value is -3.26. The Balaban J connectivity index is 1.71. The van der Waals surface area contributed by atoms with Gasteiger partial charge in [-0.15, -0.1) is 0 Å². The van der Waals surface area contributed by atoms with Gasteiger partial charge in [0.2, 0.25) is 0 Å². The molecule has 8 nitrogen and oxygen atoms in total. The monoisotopic (exact) mass is 539 g/mol. The van der Waals surface area contributed by atoms with E-state index in [1.807, 2.05) is 9.44 Å². The lowest BCUT2D eigenvalue weighted by Gasteiger charge is -2.20. The van der Waals surface area contributed by atoms with Crippen molar-refractivity contribution in [1.29, 1.82) is 0 Å². The normalized spacial score (nSPS) is 14.5. The summed E-state index contributed by atoms with van der Waals surface area (Å²) in [6.07, 6.45) is 1.05. The molecule has 0 amide bonds. The molecule has 0 spiro atoms. The van der Waals surface area contributed by atoms with Crippen LogP contribution in [0.2, 0.25) is 0 Å². The van der Waals surface area contributed by atoms with Crippen molar-refractivity contribution >= 4 is 27.4 Å². The van der Waals surface area contributed by atoms with Crippen molar-refractivity contribution in [3.05, 3.63) is 82.1 Å². The molecule has 0 bridgehead atoms. The van der Waals surface area contributed by atoms with Gasteiger partial charge in [0, 0.05) is 31.8 Å². The first-order valence-corrected chi connectivity index (χ1v) is 12.8. The van der Waals surface area contributed by atoms with Crippen LogP contribution in [0.3, 0.4) is 0 Å². The fourth-order valence-corrected chi connectivity index (χ4v) is 4.36. The fraction of sp³-hybridized carbons (Fsp3) is 0.292. The van der Waals surface area contributed by atoms with E-state index in [9.17, 15) is 22.3 Å². The Morgan fingerprint density at radius 2 is 1.81 bits per heavy atom. The van der Waals surface area contributed by atoms with Crippen LogP contribution in [0.5, 0.6) is 0 Å². The number of aliphatic hydroxyl groups excluding tert-OH is 1. The number of aliphatic hydroxyl groups is 1. The quantitative estimate of drug-likeness (QED) is 0.250. The third kappa shape index (κ3) is 5.85. The van der Waals surface area contributed by atoms with Crippen LogP contribution in [0.25, 0.3) is 0 Å². The van der Waals surface area contributed by atoms with E-state index >= 15 is 8.78 Å².